The number of anilines is 1. The molecule has 0 aliphatic carbocycles. The Bertz CT molecular complexity index is 1320. The van der Waals surface area contributed by atoms with Gasteiger partial charge in [0.05, 0.1) is 27.3 Å². The Hall–Kier alpha value is -4.06. The monoisotopic (exact) mass is 511 g/mol. The number of hydrogen-bond acceptors (Lipinski definition) is 6. The highest BCUT2D eigenvalue weighted by atomic mass is 35.5. The fourth-order valence-electron chi connectivity index (χ4n) is 3.01. The number of amides is 1. The predicted octanol–water partition coefficient (Wildman–Crippen LogP) is 6.42. The number of nitriles is 1. The molecule has 0 fully saturated rings. The minimum absolute atomic E-state index is 0.0233. The van der Waals surface area contributed by atoms with Gasteiger partial charge in [-0.25, -0.2) is 0 Å². The van der Waals surface area contributed by atoms with Crippen LogP contribution in [0.5, 0.6) is 11.5 Å². The Balaban J connectivity index is 1.83. The predicted molar refractivity (Wildman–Crippen MR) is 134 cm³/mol. The molecule has 0 aromatic heterocycles. The molecule has 10 heteroatoms. The number of nitrogens with zero attached hydrogens (tertiary/aromatic N) is 2. The van der Waals surface area contributed by atoms with Gasteiger partial charge < -0.3 is 14.8 Å². The maximum atomic E-state index is 12.6. The van der Waals surface area contributed by atoms with E-state index < -0.39 is 10.8 Å². The van der Waals surface area contributed by atoms with Crippen molar-refractivity contribution in [2.24, 2.45) is 0 Å². The van der Waals surface area contributed by atoms with E-state index in [2.05, 4.69) is 5.32 Å². The highest BCUT2D eigenvalue weighted by Crippen LogP contribution is 2.38. The minimum Gasteiger partial charge on any atom is -0.490 e. The lowest BCUT2D eigenvalue weighted by molar-refractivity contribution is -0.384. The Labute approximate surface area is 211 Å². The van der Waals surface area contributed by atoms with Crippen LogP contribution >= 0.6 is 23.2 Å². The first-order valence-electron chi connectivity index (χ1n) is 10.3. The second-order valence-corrected chi connectivity index (χ2v) is 7.89. The van der Waals surface area contributed by atoms with Gasteiger partial charge in [-0.2, -0.15) is 5.26 Å². The molecule has 8 nitrogen and oxygen atoms in total. The van der Waals surface area contributed by atoms with Crippen LogP contribution in [0.2, 0.25) is 10.0 Å². The van der Waals surface area contributed by atoms with Gasteiger partial charge in [0.15, 0.2) is 11.5 Å². The molecule has 0 aliphatic rings. The van der Waals surface area contributed by atoms with Crippen LogP contribution in [0, 0.1) is 21.4 Å². The average Bonchev–Trinajstić information content (AvgIpc) is 2.83. The number of non-ortho nitro benzene ring substituents is 1. The van der Waals surface area contributed by atoms with Gasteiger partial charge in [-0.05, 0) is 60.5 Å². The van der Waals surface area contributed by atoms with E-state index in [4.69, 9.17) is 32.7 Å². The molecule has 0 spiro atoms. The largest absolute Gasteiger partial charge is 0.490 e. The van der Waals surface area contributed by atoms with Crippen molar-refractivity contribution in [3.63, 3.8) is 0 Å². The summed E-state index contributed by atoms with van der Waals surface area (Å²) in [6.07, 6.45) is 1.38. The lowest BCUT2D eigenvalue weighted by atomic mass is 10.1. The smallest absolute Gasteiger partial charge is 0.269 e. The average molecular weight is 512 g/mol. The normalized spacial score (nSPS) is 10.9. The molecule has 0 unspecified atom stereocenters. The van der Waals surface area contributed by atoms with Crippen molar-refractivity contribution in [2.75, 3.05) is 11.9 Å². The van der Waals surface area contributed by atoms with Crippen molar-refractivity contribution in [2.45, 2.75) is 13.5 Å². The fourth-order valence-corrected chi connectivity index (χ4v) is 3.47. The van der Waals surface area contributed by atoms with E-state index in [1.54, 1.807) is 49.4 Å². The topological polar surface area (TPSA) is 114 Å². The zero-order valence-electron chi connectivity index (χ0n) is 18.5. The van der Waals surface area contributed by atoms with Crippen LogP contribution in [-0.4, -0.2) is 17.4 Å². The third kappa shape index (κ3) is 6.73. The second-order valence-electron chi connectivity index (χ2n) is 7.08. The number of benzene rings is 3. The van der Waals surface area contributed by atoms with E-state index in [-0.39, 0.29) is 28.6 Å². The fraction of sp³-hybridized carbons (Fsp3) is 0.120. The van der Waals surface area contributed by atoms with Crippen molar-refractivity contribution in [3.05, 3.63) is 97.5 Å². The summed E-state index contributed by atoms with van der Waals surface area (Å²) >= 11 is 12.5. The Kier molecular flexibility index (Phi) is 8.68. The van der Waals surface area contributed by atoms with Gasteiger partial charge in [-0.1, -0.05) is 35.3 Å². The van der Waals surface area contributed by atoms with Gasteiger partial charge in [0, 0.05) is 12.1 Å². The van der Waals surface area contributed by atoms with E-state index in [1.807, 2.05) is 6.07 Å². The SMILES string of the molecule is CCOc1cc(/C=C(\C#N)C(=O)Nc2ccccc2Cl)cc(Cl)c1OCc1ccc([N+](=O)[O-])cc1. The maximum Gasteiger partial charge on any atom is 0.269 e. The summed E-state index contributed by atoms with van der Waals surface area (Å²) in [4.78, 5) is 22.9. The number of nitro groups is 1. The summed E-state index contributed by atoms with van der Waals surface area (Å²) in [6.45, 7) is 2.19. The highest BCUT2D eigenvalue weighted by Gasteiger charge is 2.16. The summed E-state index contributed by atoms with van der Waals surface area (Å²) in [6, 6.07) is 17.6. The molecule has 35 heavy (non-hydrogen) atoms. The number of rotatable bonds is 9. The molecule has 1 amide bonds. The molecule has 0 aliphatic heterocycles. The number of halogens is 2. The quantitative estimate of drug-likeness (QED) is 0.153. The third-order valence-corrected chi connectivity index (χ3v) is 5.27. The molecule has 3 rings (SSSR count). The molecule has 0 saturated carbocycles. The summed E-state index contributed by atoms with van der Waals surface area (Å²) < 4.78 is 11.5. The first kappa shape index (κ1) is 25.6. The van der Waals surface area contributed by atoms with Crippen LogP contribution in [0.4, 0.5) is 11.4 Å². The number of nitro benzene ring substituents is 1. The number of ether oxygens (including phenoxy) is 2. The van der Waals surface area contributed by atoms with Crippen molar-refractivity contribution in [3.8, 4) is 17.6 Å². The van der Waals surface area contributed by atoms with Crippen molar-refractivity contribution >= 4 is 46.6 Å². The first-order chi connectivity index (χ1) is 16.8. The molecule has 3 aromatic rings. The van der Waals surface area contributed by atoms with E-state index >= 15 is 0 Å². The number of para-hydroxylation sites is 1. The molecule has 3 aromatic carbocycles. The summed E-state index contributed by atoms with van der Waals surface area (Å²) in [5.74, 6) is -0.0480. The number of hydrogen-bond donors (Lipinski definition) is 1. The number of nitrogens with one attached hydrogen (secondary N) is 1. The van der Waals surface area contributed by atoms with Crippen LogP contribution in [-0.2, 0) is 11.4 Å². The van der Waals surface area contributed by atoms with Gasteiger partial charge in [0.1, 0.15) is 18.2 Å². The number of carbonyl (C=O) groups excluding carboxylic acids is 1. The van der Waals surface area contributed by atoms with Gasteiger partial charge >= 0.3 is 0 Å². The van der Waals surface area contributed by atoms with Gasteiger partial charge in [0.2, 0.25) is 0 Å². The second kappa shape index (κ2) is 11.9. The van der Waals surface area contributed by atoms with Gasteiger partial charge in [-0.3, -0.25) is 14.9 Å². The van der Waals surface area contributed by atoms with Crippen molar-refractivity contribution in [1.82, 2.24) is 0 Å². The van der Waals surface area contributed by atoms with Crippen LogP contribution < -0.4 is 14.8 Å². The minimum atomic E-state index is -0.631. The molecular formula is C25H19Cl2N3O5. The molecule has 1 N–H and O–H groups in total. The summed E-state index contributed by atoms with van der Waals surface area (Å²) in [5.41, 5.74) is 1.34. The maximum absolute atomic E-state index is 12.6. The molecule has 0 bridgehead atoms. The van der Waals surface area contributed by atoms with Gasteiger partial charge in [-0.15, -0.1) is 0 Å². The molecule has 178 valence electrons. The van der Waals surface area contributed by atoms with E-state index in [0.717, 1.165) is 0 Å². The summed E-state index contributed by atoms with van der Waals surface area (Å²) in [5, 5.41) is 23.5. The summed E-state index contributed by atoms with van der Waals surface area (Å²) in [7, 11) is 0. The third-order valence-electron chi connectivity index (χ3n) is 4.66. The molecule has 0 radical (unpaired) electrons. The van der Waals surface area contributed by atoms with Crippen molar-refractivity contribution < 1.29 is 19.2 Å². The van der Waals surface area contributed by atoms with Crippen molar-refractivity contribution in [1.29, 1.82) is 5.26 Å². The molecular weight excluding hydrogens is 493 g/mol. The first-order valence-corrected chi connectivity index (χ1v) is 11.1. The van der Waals surface area contributed by atoms with Crippen LogP contribution in [0.1, 0.15) is 18.1 Å². The van der Waals surface area contributed by atoms with Crippen LogP contribution in [0.15, 0.2) is 66.2 Å². The molecule has 0 saturated heterocycles. The lowest BCUT2D eigenvalue weighted by Gasteiger charge is -2.15. The zero-order valence-corrected chi connectivity index (χ0v) is 20.0. The van der Waals surface area contributed by atoms with E-state index in [9.17, 15) is 20.2 Å². The lowest BCUT2D eigenvalue weighted by Crippen LogP contribution is -2.13. The highest BCUT2D eigenvalue weighted by molar-refractivity contribution is 6.34. The standard InChI is InChI=1S/C25H19Cl2N3O5/c1-2-34-23-13-17(11-18(14-28)25(31)29-22-6-4-3-5-20(22)26)12-21(27)24(23)35-15-16-7-9-19(10-8-16)30(32)33/h3-13H,2,15H2,1H3,(H,29,31)/b18-11+. The number of carbonyl (C=O) groups is 1. The Morgan fingerprint density at radius 1 is 1.11 bits per heavy atom. The van der Waals surface area contributed by atoms with Crippen LogP contribution in [0.25, 0.3) is 6.08 Å². The molecule has 0 heterocycles. The van der Waals surface area contributed by atoms with Crippen LogP contribution in [0.3, 0.4) is 0 Å². The van der Waals surface area contributed by atoms with E-state index in [0.29, 0.717) is 34.2 Å². The molecule has 0 atom stereocenters. The zero-order chi connectivity index (χ0) is 25.4. The van der Waals surface area contributed by atoms with E-state index in [1.165, 1.54) is 24.3 Å². The van der Waals surface area contributed by atoms with Gasteiger partial charge in [0.25, 0.3) is 11.6 Å². The Morgan fingerprint density at radius 3 is 2.46 bits per heavy atom. The Morgan fingerprint density at radius 2 is 1.83 bits per heavy atom.